The molecule has 23 heavy (non-hydrogen) atoms. The zero-order chi connectivity index (χ0) is 16.8. The zero-order valence-electron chi connectivity index (χ0n) is 12.6. The molecular weight excluding hydrogens is 334 g/mol. The van der Waals surface area contributed by atoms with Crippen molar-refractivity contribution >= 4 is 40.5 Å². The smallest absolute Gasteiger partial charge is 0.273 e. The van der Waals surface area contributed by atoms with E-state index in [4.69, 9.17) is 28.6 Å². The van der Waals surface area contributed by atoms with Crippen molar-refractivity contribution in [2.75, 3.05) is 12.4 Å². The maximum absolute atomic E-state index is 12.2. The third kappa shape index (κ3) is 4.84. The van der Waals surface area contributed by atoms with E-state index < -0.39 is 0 Å². The summed E-state index contributed by atoms with van der Waals surface area (Å²) in [5, 5.41) is 3.82. The fourth-order valence-corrected chi connectivity index (χ4v) is 2.17. The number of aryl methyl sites for hydroxylation is 1. The minimum atomic E-state index is -0.342. The van der Waals surface area contributed by atoms with Crippen LogP contribution in [0.3, 0.4) is 0 Å². The first-order valence-electron chi connectivity index (χ1n) is 6.77. The number of methoxy groups -OCH3 is 1. The van der Waals surface area contributed by atoms with E-state index in [1.807, 2.05) is 13.0 Å². The summed E-state index contributed by atoms with van der Waals surface area (Å²) in [4.78, 5) is 12.2. The first-order valence-corrected chi connectivity index (χ1v) is 7.56. The van der Waals surface area contributed by atoms with Gasteiger partial charge in [-0.05, 0) is 55.5 Å². The molecule has 0 heterocycles. The lowest BCUT2D eigenvalue weighted by Gasteiger charge is -2.13. The average molecular weight is 350 g/mol. The Bertz CT molecular complexity index is 720. The molecule has 0 saturated heterocycles. The Morgan fingerprint density at radius 1 is 1.13 bits per heavy atom. The van der Waals surface area contributed by atoms with Gasteiger partial charge in [-0.1, -0.05) is 23.2 Å². The zero-order valence-corrected chi connectivity index (χ0v) is 14.2. The topological polar surface area (TPSA) is 62.4 Å². The first-order chi connectivity index (χ1) is 11.0. The number of carbonyl (C=O) groups excluding carboxylic acids is 1. The molecule has 0 saturated carbocycles. The van der Waals surface area contributed by atoms with Gasteiger partial charge in [0.1, 0.15) is 5.75 Å². The molecule has 2 aromatic carbocycles. The SMILES string of the molecule is COc1ccc(C)cc1C(=O)NNC(=S)Nc1ccc(Cl)cc1. The average Bonchev–Trinajstić information content (AvgIpc) is 2.54. The number of hydrogen-bond acceptors (Lipinski definition) is 3. The second-order valence-electron chi connectivity index (χ2n) is 4.74. The number of amides is 1. The summed E-state index contributed by atoms with van der Waals surface area (Å²) in [6, 6.07) is 12.4. The first kappa shape index (κ1) is 17.1. The molecule has 2 rings (SSSR count). The predicted octanol–water partition coefficient (Wildman–Crippen LogP) is 3.29. The van der Waals surface area contributed by atoms with Gasteiger partial charge in [0.05, 0.1) is 12.7 Å². The van der Waals surface area contributed by atoms with Gasteiger partial charge in [-0.2, -0.15) is 0 Å². The van der Waals surface area contributed by atoms with Crippen LogP contribution in [0.2, 0.25) is 5.02 Å². The fraction of sp³-hybridized carbons (Fsp3) is 0.125. The summed E-state index contributed by atoms with van der Waals surface area (Å²) in [7, 11) is 1.52. The third-order valence-electron chi connectivity index (χ3n) is 2.99. The van der Waals surface area contributed by atoms with Crippen molar-refractivity contribution < 1.29 is 9.53 Å². The van der Waals surface area contributed by atoms with E-state index in [0.717, 1.165) is 11.3 Å². The number of thiocarbonyl (C=S) groups is 1. The number of hydrazine groups is 1. The van der Waals surface area contributed by atoms with Gasteiger partial charge in [0, 0.05) is 10.7 Å². The number of benzene rings is 2. The van der Waals surface area contributed by atoms with Crippen LogP contribution < -0.4 is 20.9 Å². The largest absolute Gasteiger partial charge is 0.496 e. The summed E-state index contributed by atoms with van der Waals surface area (Å²) >= 11 is 10.9. The summed E-state index contributed by atoms with van der Waals surface area (Å²) in [6.45, 7) is 1.90. The van der Waals surface area contributed by atoms with Gasteiger partial charge in [0.2, 0.25) is 0 Å². The molecule has 0 bridgehead atoms. The minimum absolute atomic E-state index is 0.257. The lowest BCUT2D eigenvalue weighted by Crippen LogP contribution is -2.43. The molecule has 0 aliphatic rings. The maximum atomic E-state index is 12.2. The molecule has 0 aromatic heterocycles. The Kier molecular flexibility index (Phi) is 5.78. The Balaban J connectivity index is 1.95. The molecule has 0 spiro atoms. The van der Waals surface area contributed by atoms with E-state index in [2.05, 4.69) is 16.2 Å². The van der Waals surface area contributed by atoms with E-state index in [0.29, 0.717) is 16.3 Å². The van der Waals surface area contributed by atoms with Crippen molar-refractivity contribution in [3.8, 4) is 5.75 Å². The normalized spacial score (nSPS) is 9.87. The van der Waals surface area contributed by atoms with Crippen LogP contribution in [0.25, 0.3) is 0 Å². The van der Waals surface area contributed by atoms with Gasteiger partial charge in [-0.25, -0.2) is 0 Å². The van der Waals surface area contributed by atoms with Crippen LogP contribution in [0.4, 0.5) is 5.69 Å². The molecule has 0 aliphatic carbocycles. The summed E-state index contributed by atoms with van der Waals surface area (Å²) in [6.07, 6.45) is 0. The lowest BCUT2D eigenvalue weighted by atomic mass is 10.1. The van der Waals surface area contributed by atoms with Gasteiger partial charge < -0.3 is 10.1 Å². The second kappa shape index (κ2) is 7.80. The lowest BCUT2D eigenvalue weighted by molar-refractivity contribution is 0.0941. The molecule has 2 aromatic rings. The summed E-state index contributed by atoms with van der Waals surface area (Å²) in [5.74, 6) is 0.150. The maximum Gasteiger partial charge on any atom is 0.273 e. The molecule has 1 amide bonds. The quantitative estimate of drug-likeness (QED) is 0.586. The Hall–Kier alpha value is -2.31. The molecule has 0 radical (unpaired) electrons. The van der Waals surface area contributed by atoms with E-state index in [9.17, 15) is 4.79 Å². The molecule has 0 aliphatic heterocycles. The van der Waals surface area contributed by atoms with Gasteiger partial charge in [-0.3, -0.25) is 15.6 Å². The summed E-state index contributed by atoms with van der Waals surface area (Å²) in [5.41, 5.74) is 7.32. The Labute approximate surface area is 145 Å². The molecule has 0 atom stereocenters. The van der Waals surface area contributed by atoms with Crippen molar-refractivity contribution in [2.24, 2.45) is 0 Å². The highest BCUT2D eigenvalue weighted by Crippen LogP contribution is 2.19. The van der Waals surface area contributed by atoms with Crippen LogP contribution >= 0.6 is 23.8 Å². The predicted molar refractivity (Wildman–Crippen MR) is 96.0 cm³/mol. The molecule has 120 valence electrons. The number of anilines is 1. The van der Waals surface area contributed by atoms with Crippen LogP contribution in [0, 0.1) is 6.92 Å². The fourth-order valence-electron chi connectivity index (χ4n) is 1.88. The van der Waals surface area contributed by atoms with Gasteiger partial charge >= 0.3 is 0 Å². The van der Waals surface area contributed by atoms with Crippen molar-refractivity contribution in [2.45, 2.75) is 6.92 Å². The van der Waals surface area contributed by atoms with Gasteiger partial charge in [0.25, 0.3) is 5.91 Å². The molecule has 7 heteroatoms. The van der Waals surface area contributed by atoms with Crippen molar-refractivity contribution in [3.63, 3.8) is 0 Å². The Morgan fingerprint density at radius 3 is 2.48 bits per heavy atom. The highest BCUT2D eigenvalue weighted by molar-refractivity contribution is 7.80. The van der Waals surface area contributed by atoms with Crippen molar-refractivity contribution in [3.05, 3.63) is 58.6 Å². The van der Waals surface area contributed by atoms with E-state index in [1.54, 1.807) is 36.4 Å². The van der Waals surface area contributed by atoms with E-state index in [1.165, 1.54) is 7.11 Å². The standard InChI is InChI=1S/C16H16ClN3O2S/c1-10-3-8-14(22-2)13(9-10)15(21)19-20-16(23)18-12-6-4-11(17)5-7-12/h3-9H,1-2H3,(H,19,21)(H2,18,20,23). The second-order valence-corrected chi connectivity index (χ2v) is 5.59. The van der Waals surface area contributed by atoms with Crippen molar-refractivity contribution in [1.82, 2.24) is 10.9 Å². The number of halogens is 1. The van der Waals surface area contributed by atoms with Crippen LogP contribution in [-0.2, 0) is 0 Å². The highest BCUT2D eigenvalue weighted by atomic mass is 35.5. The molecule has 0 unspecified atom stereocenters. The number of ether oxygens (including phenoxy) is 1. The van der Waals surface area contributed by atoms with Gasteiger partial charge in [-0.15, -0.1) is 0 Å². The number of nitrogens with one attached hydrogen (secondary N) is 3. The van der Waals surface area contributed by atoms with Crippen LogP contribution in [0.15, 0.2) is 42.5 Å². The molecule has 0 fully saturated rings. The van der Waals surface area contributed by atoms with Crippen LogP contribution in [0.1, 0.15) is 15.9 Å². The van der Waals surface area contributed by atoms with E-state index >= 15 is 0 Å². The third-order valence-corrected chi connectivity index (χ3v) is 3.45. The van der Waals surface area contributed by atoms with Crippen molar-refractivity contribution in [1.29, 1.82) is 0 Å². The molecular formula is C16H16ClN3O2S. The highest BCUT2D eigenvalue weighted by Gasteiger charge is 2.12. The van der Waals surface area contributed by atoms with E-state index in [-0.39, 0.29) is 11.0 Å². The number of hydrogen-bond donors (Lipinski definition) is 3. The minimum Gasteiger partial charge on any atom is -0.496 e. The number of carbonyl (C=O) groups is 1. The summed E-state index contributed by atoms with van der Waals surface area (Å²) < 4.78 is 5.19. The van der Waals surface area contributed by atoms with Crippen LogP contribution in [-0.4, -0.2) is 18.1 Å². The molecule has 3 N–H and O–H groups in total. The monoisotopic (exact) mass is 349 g/mol. The van der Waals surface area contributed by atoms with Gasteiger partial charge in [0.15, 0.2) is 5.11 Å². The Morgan fingerprint density at radius 2 is 1.83 bits per heavy atom. The molecule has 5 nitrogen and oxygen atoms in total. The van der Waals surface area contributed by atoms with Crippen LogP contribution in [0.5, 0.6) is 5.75 Å². The number of rotatable bonds is 3.